The normalized spacial score (nSPS) is 17.7. The van der Waals surface area contributed by atoms with Gasteiger partial charge >= 0.3 is 5.97 Å². The van der Waals surface area contributed by atoms with Crippen molar-refractivity contribution in [1.29, 1.82) is 0 Å². The summed E-state index contributed by atoms with van der Waals surface area (Å²) in [5.41, 5.74) is 2.23. The Morgan fingerprint density at radius 2 is 1.48 bits per heavy atom. The van der Waals surface area contributed by atoms with E-state index in [1.807, 2.05) is 18.2 Å². The van der Waals surface area contributed by atoms with Gasteiger partial charge in [-0.05, 0) is 53.6 Å². The van der Waals surface area contributed by atoms with Crippen molar-refractivity contribution in [3.8, 4) is 17.2 Å². The van der Waals surface area contributed by atoms with Crippen LogP contribution in [0.4, 0.5) is 0 Å². The Balaban J connectivity index is 1.94. The summed E-state index contributed by atoms with van der Waals surface area (Å²) < 4.78 is 21.6. The first kappa shape index (κ1) is 22.7. The van der Waals surface area contributed by atoms with Crippen molar-refractivity contribution in [2.45, 2.75) is 12.2 Å². The quantitative estimate of drug-likeness (QED) is 0.506. The number of halogens is 1. The highest BCUT2D eigenvalue weighted by Gasteiger charge is 2.48. The van der Waals surface area contributed by atoms with E-state index in [4.69, 9.17) is 30.5 Å². The lowest BCUT2D eigenvalue weighted by Gasteiger charge is -2.26. The van der Waals surface area contributed by atoms with E-state index in [9.17, 15) is 9.90 Å². The van der Waals surface area contributed by atoms with E-state index in [-0.39, 0.29) is 12.0 Å². The number of carbonyl (C=O) groups is 1. The molecule has 1 aliphatic rings. The van der Waals surface area contributed by atoms with E-state index in [1.54, 1.807) is 55.6 Å². The topological polar surface area (TPSA) is 74.2 Å². The molecule has 1 N–H and O–H groups in total. The first-order valence-electron chi connectivity index (χ1n) is 10.2. The van der Waals surface area contributed by atoms with E-state index < -0.39 is 11.8 Å². The van der Waals surface area contributed by atoms with Gasteiger partial charge < -0.3 is 24.1 Å². The van der Waals surface area contributed by atoms with E-state index in [0.29, 0.717) is 39.0 Å². The maximum atomic E-state index is 13.2. The summed E-state index contributed by atoms with van der Waals surface area (Å²) in [6.45, 7) is 0. The summed E-state index contributed by atoms with van der Waals surface area (Å²) >= 11 is 6.42. The number of methoxy groups -OCH3 is 3. The summed E-state index contributed by atoms with van der Waals surface area (Å²) in [5.74, 6) is -1.04. The van der Waals surface area contributed by atoms with Gasteiger partial charge in [-0.25, -0.2) is 4.79 Å². The van der Waals surface area contributed by atoms with Gasteiger partial charge in [0.2, 0.25) is 0 Å². The molecule has 4 rings (SSSR count). The Bertz CT molecular complexity index is 1200. The SMILES string of the molecule is COc1ccc(C2(O)OC(=O)C(c3cc(OC)cc(OC)c3)=C2Cc2ccccc2Cl)cc1. The van der Waals surface area contributed by atoms with Crippen LogP contribution in [0.5, 0.6) is 17.2 Å². The highest BCUT2D eigenvalue weighted by atomic mass is 35.5. The molecule has 33 heavy (non-hydrogen) atoms. The number of cyclic esters (lactones) is 1. The van der Waals surface area contributed by atoms with Gasteiger partial charge in [0.25, 0.3) is 5.79 Å². The van der Waals surface area contributed by atoms with Crippen LogP contribution < -0.4 is 14.2 Å². The van der Waals surface area contributed by atoms with Gasteiger partial charge in [-0.15, -0.1) is 0 Å². The highest BCUT2D eigenvalue weighted by molar-refractivity contribution is 6.31. The number of rotatable bonds is 7. The van der Waals surface area contributed by atoms with Crippen molar-refractivity contribution in [2.75, 3.05) is 21.3 Å². The van der Waals surface area contributed by atoms with Crippen molar-refractivity contribution in [1.82, 2.24) is 0 Å². The van der Waals surface area contributed by atoms with Crippen LogP contribution in [-0.2, 0) is 21.7 Å². The largest absolute Gasteiger partial charge is 0.497 e. The fourth-order valence-electron chi connectivity index (χ4n) is 3.87. The summed E-state index contributed by atoms with van der Waals surface area (Å²) in [7, 11) is 4.60. The van der Waals surface area contributed by atoms with Crippen LogP contribution in [0.15, 0.2) is 72.3 Å². The molecule has 3 aromatic carbocycles. The average Bonchev–Trinajstić information content (AvgIpc) is 3.10. The molecule has 1 atom stereocenters. The van der Waals surface area contributed by atoms with Gasteiger partial charge in [0.1, 0.15) is 17.2 Å². The van der Waals surface area contributed by atoms with E-state index >= 15 is 0 Å². The third kappa shape index (κ3) is 4.27. The van der Waals surface area contributed by atoms with Crippen molar-refractivity contribution < 1.29 is 28.8 Å². The molecule has 3 aromatic rings. The number of hydrogen-bond donors (Lipinski definition) is 1. The number of hydrogen-bond acceptors (Lipinski definition) is 6. The van der Waals surface area contributed by atoms with E-state index in [1.165, 1.54) is 14.2 Å². The first-order valence-corrected chi connectivity index (χ1v) is 10.6. The number of aliphatic hydroxyl groups is 1. The molecule has 0 amide bonds. The minimum atomic E-state index is -1.99. The van der Waals surface area contributed by atoms with Gasteiger partial charge in [0, 0.05) is 28.6 Å². The summed E-state index contributed by atoms with van der Waals surface area (Å²) in [4.78, 5) is 13.2. The fraction of sp³-hybridized carbons (Fsp3) is 0.192. The van der Waals surface area contributed by atoms with Crippen LogP contribution in [0.2, 0.25) is 5.02 Å². The Morgan fingerprint density at radius 3 is 2.06 bits per heavy atom. The summed E-state index contributed by atoms with van der Waals surface area (Å²) in [5, 5.41) is 12.3. The van der Waals surface area contributed by atoms with Crippen LogP contribution in [0.3, 0.4) is 0 Å². The zero-order valence-corrected chi connectivity index (χ0v) is 19.2. The summed E-state index contributed by atoms with van der Waals surface area (Å²) in [6.07, 6.45) is 0.183. The Morgan fingerprint density at radius 1 is 0.879 bits per heavy atom. The molecule has 0 spiro atoms. The zero-order chi connectivity index (χ0) is 23.6. The lowest BCUT2D eigenvalue weighted by atomic mass is 9.88. The number of esters is 1. The van der Waals surface area contributed by atoms with Crippen molar-refractivity contribution in [3.63, 3.8) is 0 Å². The fourth-order valence-corrected chi connectivity index (χ4v) is 4.08. The predicted octanol–water partition coefficient (Wildman–Crippen LogP) is 4.76. The highest BCUT2D eigenvalue weighted by Crippen LogP contribution is 2.46. The lowest BCUT2D eigenvalue weighted by Crippen LogP contribution is -2.29. The van der Waals surface area contributed by atoms with Crippen molar-refractivity contribution >= 4 is 23.1 Å². The molecule has 0 aliphatic carbocycles. The summed E-state index contributed by atoms with van der Waals surface area (Å²) in [6, 6.07) is 19.1. The second-order valence-corrected chi connectivity index (χ2v) is 7.89. The molecule has 0 fully saturated rings. The Kier molecular flexibility index (Phi) is 6.31. The molecule has 0 saturated carbocycles. The smallest absolute Gasteiger partial charge is 0.342 e. The Labute approximate surface area is 196 Å². The van der Waals surface area contributed by atoms with Gasteiger partial charge in [0.05, 0.1) is 26.9 Å². The maximum Gasteiger partial charge on any atom is 0.342 e. The number of carbonyl (C=O) groups excluding carboxylic acids is 1. The third-order valence-corrected chi connectivity index (χ3v) is 5.97. The van der Waals surface area contributed by atoms with E-state index in [0.717, 1.165) is 5.56 Å². The van der Waals surface area contributed by atoms with Crippen LogP contribution in [0.25, 0.3) is 5.57 Å². The number of benzene rings is 3. The molecule has 0 saturated heterocycles. The molecule has 170 valence electrons. The molecule has 1 heterocycles. The minimum Gasteiger partial charge on any atom is -0.497 e. The monoisotopic (exact) mass is 466 g/mol. The average molecular weight is 467 g/mol. The zero-order valence-electron chi connectivity index (χ0n) is 18.4. The molecular weight excluding hydrogens is 444 g/mol. The van der Waals surface area contributed by atoms with Crippen LogP contribution in [-0.4, -0.2) is 32.4 Å². The van der Waals surface area contributed by atoms with E-state index in [2.05, 4.69) is 0 Å². The molecular formula is C26H23ClO6. The molecule has 0 aromatic heterocycles. The van der Waals surface area contributed by atoms with Crippen molar-refractivity contribution in [3.05, 3.63) is 94.0 Å². The second kappa shape index (κ2) is 9.17. The third-order valence-electron chi connectivity index (χ3n) is 5.60. The molecule has 1 aliphatic heterocycles. The molecule has 0 radical (unpaired) electrons. The lowest BCUT2D eigenvalue weighted by molar-refractivity contribution is -0.185. The van der Waals surface area contributed by atoms with Gasteiger partial charge in [-0.1, -0.05) is 29.8 Å². The van der Waals surface area contributed by atoms with Gasteiger partial charge in [-0.3, -0.25) is 0 Å². The molecule has 0 bridgehead atoms. The second-order valence-electron chi connectivity index (χ2n) is 7.49. The van der Waals surface area contributed by atoms with Crippen LogP contribution in [0.1, 0.15) is 16.7 Å². The van der Waals surface area contributed by atoms with Gasteiger partial charge in [0.15, 0.2) is 0 Å². The number of ether oxygens (including phenoxy) is 4. The standard InChI is InChI=1S/C26H23ClO6/c1-30-19-10-8-18(9-11-19)26(29)22(14-16-6-4-5-7-23(16)27)24(25(28)33-26)17-12-20(31-2)15-21(13-17)32-3/h4-13,15,29H,14H2,1-3H3. The minimum absolute atomic E-state index is 0.183. The van der Waals surface area contributed by atoms with Gasteiger partial charge in [-0.2, -0.15) is 0 Å². The van der Waals surface area contributed by atoms with Crippen LogP contribution in [0, 0.1) is 0 Å². The molecule has 7 heteroatoms. The first-order chi connectivity index (χ1) is 15.9. The predicted molar refractivity (Wildman–Crippen MR) is 125 cm³/mol. The van der Waals surface area contributed by atoms with Crippen molar-refractivity contribution in [2.24, 2.45) is 0 Å². The maximum absolute atomic E-state index is 13.2. The molecule has 6 nitrogen and oxygen atoms in total. The Hall–Kier alpha value is -3.48. The van der Waals surface area contributed by atoms with Crippen LogP contribution >= 0.6 is 11.6 Å². The molecule has 1 unspecified atom stereocenters.